The molecule has 2 aliphatic carbocycles. The van der Waals surface area contributed by atoms with Crippen LogP contribution in [0.4, 0.5) is 0 Å². The van der Waals surface area contributed by atoms with Crippen molar-refractivity contribution in [1.29, 1.82) is 0 Å². The number of rotatable bonds is 7. The van der Waals surface area contributed by atoms with Gasteiger partial charge in [-0.15, -0.1) is 11.8 Å². The molecule has 0 bridgehead atoms. The van der Waals surface area contributed by atoms with Crippen molar-refractivity contribution >= 4 is 17.7 Å². The molecule has 0 saturated heterocycles. The normalized spacial score (nSPS) is 34.0. The highest BCUT2D eigenvalue weighted by Crippen LogP contribution is 2.68. The SMILES string of the molecule is COCO[C@H]1CCC=C2C(C)(C)[C@](OC)(C(=O)O)[C@@H](Sc3ccccc3)[C@@]21C. The van der Waals surface area contributed by atoms with Gasteiger partial charge in [0.25, 0.3) is 0 Å². The van der Waals surface area contributed by atoms with E-state index in [1.807, 2.05) is 44.2 Å². The Labute approximate surface area is 171 Å². The number of fused-ring (bicyclic) bond motifs is 1. The maximum Gasteiger partial charge on any atom is 0.338 e. The molecule has 0 amide bonds. The number of thioether (sulfide) groups is 1. The Morgan fingerprint density at radius 3 is 2.46 bits per heavy atom. The number of methoxy groups -OCH3 is 2. The van der Waals surface area contributed by atoms with E-state index in [2.05, 4.69) is 13.0 Å². The molecule has 154 valence electrons. The van der Waals surface area contributed by atoms with Gasteiger partial charge in [0.05, 0.1) is 11.4 Å². The molecule has 0 aliphatic heterocycles. The van der Waals surface area contributed by atoms with Crippen LogP contribution in [0.1, 0.15) is 33.6 Å². The molecule has 1 fully saturated rings. The number of benzene rings is 1. The monoisotopic (exact) mass is 406 g/mol. The molecule has 1 N–H and O–H groups in total. The van der Waals surface area contributed by atoms with E-state index < -0.39 is 22.4 Å². The molecule has 0 aromatic heterocycles. The third kappa shape index (κ3) is 2.93. The van der Waals surface area contributed by atoms with Crippen LogP contribution in [0.15, 0.2) is 46.9 Å². The number of carboxylic acids is 1. The molecule has 1 saturated carbocycles. The number of carboxylic acid groups (broad SMARTS) is 1. The van der Waals surface area contributed by atoms with Crippen molar-refractivity contribution in [1.82, 2.24) is 0 Å². The predicted octanol–water partition coefficient (Wildman–Crippen LogP) is 4.37. The summed E-state index contributed by atoms with van der Waals surface area (Å²) in [6.45, 7) is 6.28. The molecule has 2 aliphatic rings. The van der Waals surface area contributed by atoms with Gasteiger partial charge in [0.1, 0.15) is 6.79 Å². The lowest BCUT2D eigenvalue weighted by Crippen LogP contribution is -2.57. The molecular weight excluding hydrogens is 376 g/mol. The zero-order chi connectivity index (χ0) is 20.6. The summed E-state index contributed by atoms with van der Waals surface area (Å²) in [5.41, 5.74) is -1.48. The fourth-order valence-corrected chi connectivity index (χ4v) is 7.10. The molecule has 4 atom stereocenters. The minimum absolute atomic E-state index is 0.149. The Balaban J connectivity index is 2.19. The summed E-state index contributed by atoms with van der Waals surface area (Å²) in [6, 6.07) is 9.92. The molecule has 0 heterocycles. The number of hydrogen-bond donors (Lipinski definition) is 1. The molecule has 28 heavy (non-hydrogen) atoms. The zero-order valence-electron chi connectivity index (χ0n) is 17.2. The topological polar surface area (TPSA) is 65.0 Å². The number of allylic oxidation sites excluding steroid dienone is 1. The van der Waals surface area contributed by atoms with E-state index in [0.29, 0.717) is 0 Å². The quantitative estimate of drug-likeness (QED) is 0.536. The Kier molecular flexibility index (Phi) is 5.97. The van der Waals surface area contributed by atoms with E-state index in [9.17, 15) is 9.90 Å². The predicted molar refractivity (Wildman–Crippen MR) is 109 cm³/mol. The van der Waals surface area contributed by atoms with Gasteiger partial charge in [-0.25, -0.2) is 4.79 Å². The van der Waals surface area contributed by atoms with Crippen LogP contribution < -0.4 is 0 Å². The van der Waals surface area contributed by atoms with Crippen molar-refractivity contribution in [3.8, 4) is 0 Å². The lowest BCUT2D eigenvalue weighted by atomic mass is 9.68. The van der Waals surface area contributed by atoms with E-state index in [-0.39, 0.29) is 18.1 Å². The highest BCUT2D eigenvalue weighted by Gasteiger charge is 2.74. The molecule has 3 rings (SSSR count). The Morgan fingerprint density at radius 1 is 1.21 bits per heavy atom. The highest BCUT2D eigenvalue weighted by atomic mass is 32.2. The third-order valence-electron chi connectivity index (χ3n) is 6.57. The molecule has 6 heteroatoms. The van der Waals surface area contributed by atoms with E-state index in [4.69, 9.17) is 14.2 Å². The van der Waals surface area contributed by atoms with Gasteiger partial charge in [0.15, 0.2) is 5.60 Å². The molecule has 1 aromatic rings. The van der Waals surface area contributed by atoms with Crippen LogP contribution in [-0.2, 0) is 19.0 Å². The Morgan fingerprint density at radius 2 is 1.89 bits per heavy atom. The van der Waals surface area contributed by atoms with Crippen LogP contribution >= 0.6 is 11.8 Å². The number of hydrogen-bond acceptors (Lipinski definition) is 5. The van der Waals surface area contributed by atoms with E-state index in [0.717, 1.165) is 23.3 Å². The average Bonchev–Trinajstić information content (AvgIpc) is 2.82. The molecule has 0 unspecified atom stereocenters. The third-order valence-corrected chi connectivity index (χ3v) is 8.17. The van der Waals surface area contributed by atoms with Crippen LogP contribution in [0.25, 0.3) is 0 Å². The standard InChI is InChI=1S/C22H30O5S/c1-20(2)16-12-9-13-17(27-14-25-4)21(16,3)18(22(20,26-5)19(23)24)28-15-10-7-6-8-11-15/h6-8,10-12,17-18H,9,13-14H2,1-5H3,(H,23,24)/t17-,18-,21-,22+/m0/s1. The second-order valence-electron chi connectivity index (χ2n) is 8.22. The van der Waals surface area contributed by atoms with Crippen molar-refractivity contribution in [2.24, 2.45) is 10.8 Å². The summed E-state index contributed by atoms with van der Waals surface area (Å²) in [5, 5.41) is 10.1. The van der Waals surface area contributed by atoms with E-state index in [1.165, 1.54) is 7.11 Å². The molecule has 5 nitrogen and oxygen atoms in total. The fraction of sp³-hybridized carbons (Fsp3) is 0.591. The van der Waals surface area contributed by atoms with Crippen molar-refractivity contribution < 1.29 is 24.1 Å². The van der Waals surface area contributed by atoms with E-state index >= 15 is 0 Å². The molecule has 1 aromatic carbocycles. The van der Waals surface area contributed by atoms with Gasteiger partial charge in [-0.3, -0.25) is 0 Å². The van der Waals surface area contributed by atoms with Gasteiger partial charge in [-0.1, -0.05) is 50.6 Å². The van der Waals surface area contributed by atoms with Gasteiger partial charge in [-0.2, -0.15) is 0 Å². The summed E-state index contributed by atoms with van der Waals surface area (Å²) in [5.74, 6) is -0.935. The van der Waals surface area contributed by atoms with Crippen molar-refractivity contribution in [2.75, 3.05) is 21.0 Å². The molecule has 0 radical (unpaired) electrons. The van der Waals surface area contributed by atoms with Crippen molar-refractivity contribution in [3.63, 3.8) is 0 Å². The Bertz CT molecular complexity index is 747. The number of carbonyl (C=O) groups is 1. The van der Waals surface area contributed by atoms with E-state index in [1.54, 1.807) is 18.9 Å². The number of ether oxygens (including phenoxy) is 3. The highest BCUT2D eigenvalue weighted by molar-refractivity contribution is 8.00. The number of aliphatic carboxylic acids is 1. The lowest BCUT2D eigenvalue weighted by Gasteiger charge is -2.44. The smallest absolute Gasteiger partial charge is 0.338 e. The van der Waals surface area contributed by atoms with Crippen LogP contribution in [-0.4, -0.2) is 49.0 Å². The first-order valence-corrected chi connectivity index (χ1v) is 10.5. The summed E-state index contributed by atoms with van der Waals surface area (Å²) in [4.78, 5) is 13.8. The van der Waals surface area contributed by atoms with Crippen LogP contribution in [0.3, 0.4) is 0 Å². The Hall–Kier alpha value is -1.34. The first-order valence-electron chi connectivity index (χ1n) is 9.58. The molecule has 0 spiro atoms. The van der Waals surface area contributed by atoms with Gasteiger partial charge in [-0.05, 0) is 25.0 Å². The minimum atomic E-state index is -1.38. The lowest BCUT2D eigenvalue weighted by molar-refractivity contribution is -0.173. The first kappa shape index (κ1) is 21.4. The summed E-state index contributed by atoms with van der Waals surface area (Å²) in [7, 11) is 3.12. The van der Waals surface area contributed by atoms with Gasteiger partial charge in [0, 0.05) is 29.9 Å². The fourth-order valence-electron chi connectivity index (χ4n) is 5.34. The summed E-state index contributed by atoms with van der Waals surface area (Å²) >= 11 is 1.57. The van der Waals surface area contributed by atoms with Gasteiger partial charge >= 0.3 is 5.97 Å². The largest absolute Gasteiger partial charge is 0.479 e. The van der Waals surface area contributed by atoms with Crippen LogP contribution in [0, 0.1) is 10.8 Å². The average molecular weight is 407 g/mol. The zero-order valence-corrected chi connectivity index (χ0v) is 18.0. The first-order chi connectivity index (χ1) is 13.3. The second kappa shape index (κ2) is 7.82. The van der Waals surface area contributed by atoms with Gasteiger partial charge in [0.2, 0.25) is 0 Å². The van der Waals surface area contributed by atoms with Crippen LogP contribution in [0.2, 0.25) is 0 Å². The second-order valence-corrected chi connectivity index (χ2v) is 9.40. The van der Waals surface area contributed by atoms with Crippen molar-refractivity contribution in [3.05, 3.63) is 42.0 Å². The summed E-state index contributed by atoms with van der Waals surface area (Å²) < 4.78 is 17.2. The molecular formula is C22H30O5S. The minimum Gasteiger partial charge on any atom is -0.479 e. The maximum atomic E-state index is 12.7. The van der Waals surface area contributed by atoms with Gasteiger partial charge < -0.3 is 19.3 Å². The van der Waals surface area contributed by atoms with Crippen LogP contribution in [0.5, 0.6) is 0 Å². The summed E-state index contributed by atoms with van der Waals surface area (Å²) in [6.07, 6.45) is 3.73. The maximum absolute atomic E-state index is 12.7. The van der Waals surface area contributed by atoms with Crippen molar-refractivity contribution in [2.45, 2.75) is 55.5 Å².